The van der Waals surface area contributed by atoms with Crippen molar-refractivity contribution in [1.29, 1.82) is 5.26 Å². The summed E-state index contributed by atoms with van der Waals surface area (Å²) in [6.45, 7) is 2.51. The summed E-state index contributed by atoms with van der Waals surface area (Å²) in [5.74, 6) is -0.0570. The molecule has 0 aliphatic heterocycles. The van der Waals surface area contributed by atoms with Crippen molar-refractivity contribution in [2.45, 2.75) is 25.2 Å². The lowest BCUT2D eigenvalue weighted by Crippen LogP contribution is -2.15. The summed E-state index contributed by atoms with van der Waals surface area (Å²) in [6, 6.07) is 12.8. The van der Waals surface area contributed by atoms with Gasteiger partial charge in [0.1, 0.15) is 12.7 Å². The zero-order valence-electron chi connectivity index (χ0n) is 15.9. The van der Waals surface area contributed by atoms with Gasteiger partial charge >= 0.3 is 0 Å². The summed E-state index contributed by atoms with van der Waals surface area (Å²) in [5.41, 5.74) is 0.675. The average molecular weight is 446 g/mol. The Kier molecular flexibility index (Phi) is 7.27. The molecular weight excluding hydrogens is 429 g/mol. The molecule has 1 aromatic heterocycles. The molecule has 7 nitrogen and oxygen atoms in total. The van der Waals surface area contributed by atoms with Crippen molar-refractivity contribution in [2.24, 2.45) is 0 Å². The number of carbonyl (C=O) groups is 1. The lowest BCUT2D eigenvalue weighted by atomic mass is 10.2. The molecule has 0 aliphatic carbocycles. The first-order valence-corrected chi connectivity index (χ1v) is 10.3. The summed E-state index contributed by atoms with van der Waals surface area (Å²) in [4.78, 5) is 12.3. The third-order valence-electron chi connectivity index (χ3n) is 4.01. The summed E-state index contributed by atoms with van der Waals surface area (Å²) in [7, 11) is 0. The minimum absolute atomic E-state index is 0.0442. The van der Waals surface area contributed by atoms with Crippen LogP contribution in [0.5, 0.6) is 5.75 Å². The number of hydrogen-bond donors (Lipinski definition) is 1. The fraction of sp³-hybridized carbons (Fsp3) is 0.200. The minimum Gasteiger partial charge on any atom is -0.483 e. The van der Waals surface area contributed by atoms with Crippen LogP contribution in [0.4, 0.5) is 10.1 Å². The number of hydrogen-bond acceptors (Lipinski definition) is 6. The van der Waals surface area contributed by atoms with Crippen molar-refractivity contribution in [3.8, 4) is 11.8 Å². The highest BCUT2D eigenvalue weighted by molar-refractivity contribution is 7.99. The molecule has 1 N–H and O–H groups in total. The van der Waals surface area contributed by atoms with E-state index in [0.29, 0.717) is 33.8 Å². The second-order valence-electron chi connectivity index (χ2n) is 6.00. The predicted molar refractivity (Wildman–Crippen MR) is 112 cm³/mol. The number of nitriles is 1. The van der Waals surface area contributed by atoms with Crippen molar-refractivity contribution in [2.75, 3.05) is 11.1 Å². The number of amides is 1. The van der Waals surface area contributed by atoms with Crippen LogP contribution in [0.15, 0.2) is 47.6 Å². The van der Waals surface area contributed by atoms with E-state index in [0.717, 1.165) is 0 Å². The highest BCUT2D eigenvalue weighted by atomic mass is 35.5. The molecule has 0 spiro atoms. The standard InChI is InChI=1S/C20H17ClFN5O2S/c1-2-27-18(11-29-17-6-4-3-5-15(17)22)25-26-20(27)30-12-19(28)24-16-9-14(21)8-7-13(16)10-23/h3-9H,2,11-12H2,1H3,(H,24,28). The molecule has 2 aromatic carbocycles. The lowest BCUT2D eigenvalue weighted by molar-refractivity contribution is -0.113. The monoisotopic (exact) mass is 445 g/mol. The molecule has 0 unspecified atom stereocenters. The molecule has 10 heteroatoms. The highest BCUT2D eigenvalue weighted by Crippen LogP contribution is 2.23. The molecule has 0 aliphatic rings. The van der Waals surface area contributed by atoms with Gasteiger partial charge in [0.05, 0.1) is 17.0 Å². The molecule has 1 amide bonds. The number of rotatable bonds is 8. The summed E-state index contributed by atoms with van der Waals surface area (Å²) >= 11 is 7.13. The van der Waals surface area contributed by atoms with Crippen molar-refractivity contribution in [3.63, 3.8) is 0 Å². The van der Waals surface area contributed by atoms with Crippen LogP contribution >= 0.6 is 23.4 Å². The largest absolute Gasteiger partial charge is 0.483 e. The van der Waals surface area contributed by atoms with Gasteiger partial charge in [-0.1, -0.05) is 35.5 Å². The number of halogens is 2. The minimum atomic E-state index is -0.455. The number of benzene rings is 2. The van der Waals surface area contributed by atoms with Gasteiger partial charge in [0, 0.05) is 11.6 Å². The van der Waals surface area contributed by atoms with Crippen molar-refractivity contribution >= 4 is 35.0 Å². The third kappa shape index (κ3) is 5.28. The van der Waals surface area contributed by atoms with Crippen LogP contribution in [0, 0.1) is 17.1 Å². The average Bonchev–Trinajstić information content (AvgIpc) is 3.13. The molecular formula is C20H17ClFN5O2S. The zero-order chi connectivity index (χ0) is 21.5. The number of nitrogens with one attached hydrogen (secondary N) is 1. The summed E-state index contributed by atoms with van der Waals surface area (Å²) < 4.78 is 21.0. The molecule has 30 heavy (non-hydrogen) atoms. The number of anilines is 1. The zero-order valence-corrected chi connectivity index (χ0v) is 17.5. The van der Waals surface area contributed by atoms with E-state index in [-0.39, 0.29) is 24.0 Å². The summed E-state index contributed by atoms with van der Waals surface area (Å²) in [5, 5.41) is 21.0. The number of ether oxygens (including phenoxy) is 1. The van der Waals surface area contributed by atoms with E-state index >= 15 is 0 Å². The van der Waals surface area contributed by atoms with Gasteiger partial charge in [-0.2, -0.15) is 5.26 Å². The van der Waals surface area contributed by atoms with Gasteiger partial charge in [-0.3, -0.25) is 4.79 Å². The Morgan fingerprint density at radius 3 is 2.87 bits per heavy atom. The van der Waals surface area contributed by atoms with Crippen LogP contribution in [0.2, 0.25) is 5.02 Å². The van der Waals surface area contributed by atoms with Crippen molar-refractivity contribution in [1.82, 2.24) is 14.8 Å². The van der Waals surface area contributed by atoms with E-state index < -0.39 is 5.82 Å². The van der Waals surface area contributed by atoms with Gasteiger partial charge in [-0.15, -0.1) is 10.2 Å². The molecule has 3 rings (SSSR count). The SMILES string of the molecule is CCn1c(COc2ccccc2F)nnc1SCC(=O)Nc1cc(Cl)ccc1C#N. The van der Waals surface area contributed by atoms with Gasteiger partial charge in [-0.05, 0) is 37.3 Å². The molecule has 0 saturated carbocycles. The van der Waals surface area contributed by atoms with Crippen LogP contribution in [0.3, 0.4) is 0 Å². The molecule has 0 atom stereocenters. The molecule has 0 saturated heterocycles. The van der Waals surface area contributed by atoms with Crippen LogP contribution in [-0.2, 0) is 17.9 Å². The van der Waals surface area contributed by atoms with Crippen LogP contribution in [0.25, 0.3) is 0 Å². The summed E-state index contributed by atoms with van der Waals surface area (Å²) in [6.07, 6.45) is 0. The Balaban J connectivity index is 1.62. The van der Waals surface area contributed by atoms with E-state index in [2.05, 4.69) is 15.5 Å². The molecule has 0 fully saturated rings. The van der Waals surface area contributed by atoms with Crippen molar-refractivity contribution in [3.05, 3.63) is 64.7 Å². The maximum absolute atomic E-state index is 13.7. The van der Waals surface area contributed by atoms with Crippen molar-refractivity contribution < 1.29 is 13.9 Å². The second kappa shape index (κ2) is 10.1. The molecule has 3 aromatic rings. The topological polar surface area (TPSA) is 92.8 Å². The fourth-order valence-corrected chi connectivity index (χ4v) is 3.58. The molecule has 0 radical (unpaired) electrons. The Bertz CT molecular complexity index is 1100. The van der Waals surface area contributed by atoms with E-state index in [9.17, 15) is 9.18 Å². The molecule has 154 valence electrons. The van der Waals surface area contributed by atoms with Gasteiger partial charge in [0.25, 0.3) is 0 Å². The number of nitrogens with zero attached hydrogens (tertiary/aromatic N) is 4. The van der Waals surface area contributed by atoms with Crippen LogP contribution in [0.1, 0.15) is 18.3 Å². The molecule has 1 heterocycles. The number of thioether (sulfide) groups is 1. The Morgan fingerprint density at radius 2 is 2.13 bits per heavy atom. The van der Waals surface area contributed by atoms with E-state index in [1.165, 1.54) is 30.0 Å². The van der Waals surface area contributed by atoms with Gasteiger partial charge in [0.2, 0.25) is 5.91 Å². The number of aromatic nitrogens is 3. The van der Waals surface area contributed by atoms with Gasteiger partial charge in [-0.25, -0.2) is 4.39 Å². The van der Waals surface area contributed by atoms with E-state index in [1.807, 2.05) is 13.0 Å². The Morgan fingerprint density at radius 1 is 1.33 bits per heavy atom. The maximum Gasteiger partial charge on any atom is 0.234 e. The first-order valence-electron chi connectivity index (χ1n) is 8.93. The third-order valence-corrected chi connectivity index (χ3v) is 5.21. The van der Waals surface area contributed by atoms with Crippen LogP contribution in [-0.4, -0.2) is 26.4 Å². The first kappa shape index (κ1) is 21.6. The van der Waals surface area contributed by atoms with E-state index in [1.54, 1.807) is 28.8 Å². The second-order valence-corrected chi connectivity index (χ2v) is 7.38. The number of carbonyl (C=O) groups excluding carboxylic acids is 1. The maximum atomic E-state index is 13.7. The smallest absolute Gasteiger partial charge is 0.234 e. The lowest BCUT2D eigenvalue weighted by Gasteiger charge is -2.10. The predicted octanol–water partition coefficient (Wildman–Crippen LogP) is 4.27. The van der Waals surface area contributed by atoms with Crippen LogP contribution < -0.4 is 10.1 Å². The molecule has 0 bridgehead atoms. The highest BCUT2D eigenvalue weighted by Gasteiger charge is 2.15. The fourth-order valence-electron chi connectivity index (χ4n) is 2.59. The first-order chi connectivity index (χ1) is 14.5. The number of para-hydroxylation sites is 1. The van der Waals surface area contributed by atoms with Gasteiger partial charge in [0.15, 0.2) is 22.5 Å². The normalized spacial score (nSPS) is 10.5. The Labute approximate surface area is 181 Å². The quantitative estimate of drug-likeness (QED) is 0.520. The Hall–Kier alpha value is -3.09. The van der Waals surface area contributed by atoms with E-state index in [4.69, 9.17) is 21.6 Å². The van der Waals surface area contributed by atoms with Gasteiger partial charge < -0.3 is 14.6 Å².